The lowest BCUT2D eigenvalue weighted by Gasteiger charge is -2.08. The van der Waals surface area contributed by atoms with E-state index in [0.29, 0.717) is 11.7 Å². The van der Waals surface area contributed by atoms with Crippen LogP contribution in [0, 0.1) is 5.92 Å². The van der Waals surface area contributed by atoms with Crippen molar-refractivity contribution in [2.75, 3.05) is 0 Å². The van der Waals surface area contributed by atoms with Gasteiger partial charge in [-0.15, -0.1) is 0 Å². The van der Waals surface area contributed by atoms with E-state index in [9.17, 15) is 4.79 Å². The van der Waals surface area contributed by atoms with Gasteiger partial charge in [0.05, 0.1) is 0 Å². The third kappa shape index (κ3) is 1.98. The van der Waals surface area contributed by atoms with Crippen LogP contribution in [0.15, 0.2) is 28.8 Å². The van der Waals surface area contributed by atoms with Crippen LogP contribution in [-0.2, 0) is 0 Å². The van der Waals surface area contributed by atoms with Crippen molar-refractivity contribution in [1.82, 2.24) is 5.16 Å². The molecule has 0 spiro atoms. The van der Waals surface area contributed by atoms with Gasteiger partial charge in [0.1, 0.15) is 0 Å². The minimum Gasteiger partial charge on any atom is -0.476 e. The number of nitrogens with zero attached hydrogens (tertiary/aromatic N) is 1. The summed E-state index contributed by atoms with van der Waals surface area (Å²) in [4.78, 5) is 10.6. The van der Waals surface area contributed by atoms with E-state index in [1.807, 2.05) is 12.2 Å². The smallest absolute Gasteiger partial charge is 0.358 e. The Hall–Kier alpha value is -1.84. The van der Waals surface area contributed by atoms with Gasteiger partial charge in [0.2, 0.25) is 0 Å². The average Bonchev–Trinajstić information content (AvgIpc) is 2.68. The Kier molecular flexibility index (Phi) is 2.41. The summed E-state index contributed by atoms with van der Waals surface area (Å²) in [6, 6.07) is 1.44. The Morgan fingerprint density at radius 3 is 3.00 bits per heavy atom. The Labute approximate surface area is 86.9 Å². The predicted octanol–water partition coefficient (Wildman–Crippen LogP) is 2.35. The van der Waals surface area contributed by atoms with Crippen molar-refractivity contribution >= 4 is 11.5 Å². The average molecular weight is 205 g/mol. The molecule has 2 rings (SSSR count). The third-order valence-corrected chi connectivity index (χ3v) is 2.33. The van der Waals surface area contributed by atoms with Crippen LogP contribution in [0.4, 0.5) is 0 Å². The van der Waals surface area contributed by atoms with Crippen molar-refractivity contribution in [3.63, 3.8) is 0 Å². The first-order chi connectivity index (χ1) is 7.16. The lowest BCUT2D eigenvalue weighted by molar-refractivity contribution is 0.0685. The van der Waals surface area contributed by atoms with Crippen molar-refractivity contribution in [3.05, 3.63) is 35.7 Å². The molecule has 0 radical (unpaired) electrons. The van der Waals surface area contributed by atoms with Crippen LogP contribution >= 0.6 is 0 Å². The zero-order valence-electron chi connectivity index (χ0n) is 8.30. The normalized spacial score (nSPS) is 20.1. The van der Waals surface area contributed by atoms with Gasteiger partial charge in [0.15, 0.2) is 11.5 Å². The molecule has 1 aliphatic rings. The Morgan fingerprint density at radius 1 is 1.67 bits per heavy atom. The fourth-order valence-electron chi connectivity index (χ4n) is 1.42. The maximum absolute atomic E-state index is 10.6. The van der Waals surface area contributed by atoms with Crippen LogP contribution < -0.4 is 0 Å². The third-order valence-electron chi connectivity index (χ3n) is 2.33. The maximum atomic E-state index is 10.6. The zero-order chi connectivity index (χ0) is 10.8. The van der Waals surface area contributed by atoms with Crippen LogP contribution in [0.5, 0.6) is 0 Å². The molecule has 0 saturated heterocycles. The minimum atomic E-state index is -1.07. The summed E-state index contributed by atoms with van der Waals surface area (Å²) in [6.07, 6.45) is 6.96. The van der Waals surface area contributed by atoms with E-state index >= 15 is 0 Å². The zero-order valence-corrected chi connectivity index (χ0v) is 8.30. The van der Waals surface area contributed by atoms with E-state index in [2.05, 4.69) is 18.2 Å². The van der Waals surface area contributed by atoms with Gasteiger partial charge in [-0.1, -0.05) is 30.3 Å². The number of hydrogen-bond donors (Lipinski definition) is 1. The van der Waals surface area contributed by atoms with Crippen molar-refractivity contribution in [1.29, 1.82) is 0 Å². The van der Waals surface area contributed by atoms with Gasteiger partial charge in [-0.05, 0) is 12.3 Å². The minimum absolute atomic E-state index is 0.0575. The van der Waals surface area contributed by atoms with Crippen molar-refractivity contribution in [2.24, 2.45) is 5.92 Å². The quantitative estimate of drug-likeness (QED) is 0.804. The van der Waals surface area contributed by atoms with Crippen LogP contribution in [0.3, 0.4) is 0 Å². The van der Waals surface area contributed by atoms with Gasteiger partial charge >= 0.3 is 5.97 Å². The highest BCUT2D eigenvalue weighted by atomic mass is 16.5. The second-order valence-corrected chi connectivity index (χ2v) is 3.61. The van der Waals surface area contributed by atoms with Gasteiger partial charge < -0.3 is 9.63 Å². The van der Waals surface area contributed by atoms with E-state index in [0.717, 1.165) is 12.0 Å². The number of aromatic nitrogens is 1. The highest BCUT2D eigenvalue weighted by Gasteiger charge is 2.14. The largest absolute Gasteiger partial charge is 0.476 e. The highest BCUT2D eigenvalue weighted by Crippen LogP contribution is 2.24. The first-order valence-corrected chi connectivity index (χ1v) is 4.75. The molecular formula is C11H11NO3. The Morgan fingerprint density at radius 2 is 2.47 bits per heavy atom. The number of carboxylic acids is 1. The van der Waals surface area contributed by atoms with Crippen LogP contribution in [0.1, 0.15) is 29.6 Å². The Balaban J connectivity index is 2.24. The van der Waals surface area contributed by atoms with E-state index in [-0.39, 0.29) is 5.69 Å². The molecular weight excluding hydrogens is 194 g/mol. The molecule has 0 aromatic carbocycles. The van der Waals surface area contributed by atoms with Crippen molar-refractivity contribution in [3.8, 4) is 0 Å². The lowest BCUT2D eigenvalue weighted by Crippen LogP contribution is -1.95. The molecule has 78 valence electrons. The molecule has 1 aromatic rings. The number of allylic oxidation sites excluding steroid dienone is 4. The highest BCUT2D eigenvalue weighted by molar-refractivity contribution is 5.86. The van der Waals surface area contributed by atoms with Gasteiger partial charge in [0, 0.05) is 11.6 Å². The molecule has 0 aliphatic heterocycles. The second-order valence-electron chi connectivity index (χ2n) is 3.61. The molecule has 1 atom stereocenters. The topological polar surface area (TPSA) is 63.3 Å². The summed E-state index contributed by atoms with van der Waals surface area (Å²) < 4.78 is 4.95. The van der Waals surface area contributed by atoms with Crippen LogP contribution in [-0.4, -0.2) is 16.2 Å². The molecule has 1 N–H and O–H groups in total. The summed E-state index contributed by atoms with van der Waals surface area (Å²) in [5.41, 5.74) is 0.839. The van der Waals surface area contributed by atoms with Gasteiger partial charge in [-0.3, -0.25) is 0 Å². The fraction of sp³-hybridized carbons (Fsp3) is 0.273. The standard InChI is InChI=1S/C11H11NO3/c1-7-2-4-8(5-3-7)10-6-9(11(13)14)12-15-10/h2,4-7H,3H2,1H3,(H,13,14). The van der Waals surface area contributed by atoms with Crippen LogP contribution in [0.2, 0.25) is 0 Å². The second kappa shape index (κ2) is 3.73. The van der Waals surface area contributed by atoms with Gasteiger partial charge in [-0.25, -0.2) is 4.79 Å². The van der Waals surface area contributed by atoms with Gasteiger partial charge in [0.25, 0.3) is 0 Å². The number of carboxylic acid groups (broad SMARTS) is 1. The number of aromatic carboxylic acids is 1. The summed E-state index contributed by atoms with van der Waals surface area (Å²) in [5, 5.41) is 12.1. The molecule has 4 heteroatoms. The first-order valence-electron chi connectivity index (χ1n) is 4.75. The van der Waals surface area contributed by atoms with E-state index in [1.54, 1.807) is 0 Å². The summed E-state index contributed by atoms with van der Waals surface area (Å²) in [6.45, 7) is 2.12. The summed E-state index contributed by atoms with van der Waals surface area (Å²) >= 11 is 0. The molecule has 1 aliphatic carbocycles. The fourth-order valence-corrected chi connectivity index (χ4v) is 1.42. The van der Waals surface area contributed by atoms with Crippen LogP contribution in [0.25, 0.3) is 5.57 Å². The lowest BCUT2D eigenvalue weighted by atomic mass is 9.97. The van der Waals surface area contributed by atoms with E-state index in [4.69, 9.17) is 9.63 Å². The summed E-state index contributed by atoms with van der Waals surface area (Å²) in [7, 11) is 0. The Bertz CT molecular complexity index is 442. The maximum Gasteiger partial charge on any atom is 0.358 e. The van der Waals surface area contributed by atoms with Crippen molar-refractivity contribution < 1.29 is 14.4 Å². The molecule has 0 bridgehead atoms. The number of hydrogen-bond acceptors (Lipinski definition) is 3. The summed E-state index contributed by atoms with van der Waals surface area (Å²) in [5.74, 6) is -0.0371. The van der Waals surface area contributed by atoms with Gasteiger partial charge in [-0.2, -0.15) is 0 Å². The molecule has 0 fully saturated rings. The van der Waals surface area contributed by atoms with E-state index < -0.39 is 5.97 Å². The molecule has 1 heterocycles. The van der Waals surface area contributed by atoms with E-state index in [1.165, 1.54) is 6.07 Å². The molecule has 0 amide bonds. The molecule has 15 heavy (non-hydrogen) atoms. The molecule has 1 unspecified atom stereocenters. The monoisotopic (exact) mass is 205 g/mol. The number of carbonyl (C=O) groups is 1. The molecule has 4 nitrogen and oxygen atoms in total. The molecule has 0 saturated carbocycles. The number of rotatable bonds is 2. The molecule has 1 aromatic heterocycles. The predicted molar refractivity (Wildman–Crippen MR) is 54.4 cm³/mol. The van der Waals surface area contributed by atoms with Crippen molar-refractivity contribution in [2.45, 2.75) is 13.3 Å². The SMILES string of the molecule is CC1C=CC(c2cc(C(=O)O)no2)=CC1. The first kappa shape index (κ1) is 9.71.